The normalized spacial score (nSPS) is 18.1. The van der Waals surface area contributed by atoms with Gasteiger partial charge in [-0.25, -0.2) is 0 Å². The highest BCUT2D eigenvalue weighted by molar-refractivity contribution is 5.92. The number of carbonyl (C=O) groups excluding carboxylic acids is 1. The maximum atomic E-state index is 12.5. The van der Waals surface area contributed by atoms with Gasteiger partial charge in [0, 0.05) is 18.2 Å². The Labute approximate surface area is 129 Å². The third kappa shape index (κ3) is 3.53. The molecule has 0 bridgehead atoms. The van der Waals surface area contributed by atoms with Crippen molar-refractivity contribution in [1.29, 1.82) is 0 Å². The van der Waals surface area contributed by atoms with Crippen LogP contribution in [0.4, 0.5) is 19.1 Å². The molecule has 1 atom stereocenters. The van der Waals surface area contributed by atoms with Gasteiger partial charge in [0.2, 0.25) is 11.8 Å². The third-order valence-electron chi connectivity index (χ3n) is 3.57. The Bertz CT molecular complexity index is 689. The molecule has 1 fully saturated rings. The minimum Gasteiger partial charge on any atom is -0.381 e. The first-order valence-corrected chi connectivity index (χ1v) is 6.96. The molecule has 1 saturated heterocycles. The lowest BCUT2D eigenvalue weighted by molar-refractivity contribution is -0.137. The third-order valence-corrected chi connectivity index (χ3v) is 3.57. The van der Waals surface area contributed by atoms with Crippen LogP contribution in [0.3, 0.4) is 0 Å². The SMILES string of the molecule is O=C(Nc1cc(-c2ccc(C(F)(F)F)cc2)no1)[C@@H]1CCOC1. The summed E-state index contributed by atoms with van der Waals surface area (Å²) in [7, 11) is 0. The number of aromatic nitrogens is 1. The molecule has 3 rings (SSSR count). The van der Waals surface area contributed by atoms with Gasteiger partial charge >= 0.3 is 6.18 Å². The predicted molar refractivity (Wildman–Crippen MR) is 74.5 cm³/mol. The Hall–Kier alpha value is -2.35. The Morgan fingerprint density at radius 1 is 1.26 bits per heavy atom. The highest BCUT2D eigenvalue weighted by atomic mass is 19.4. The fourth-order valence-electron chi connectivity index (χ4n) is 2.26. The maximum absolute atomic E-state index is 12.5. The zero-order valence-electron chi connectivity index (χ0n) is 11.9. The summed E-state index contributed by atoms with van der Waals surface area (Å²) < 4.78 is 47.7. The van der Waals surface area contributed by atoms with Crippen LogP contribution in [0, 0.1) is 5.92 Å². The van der Waals surface area contributed by atoms with E-state index in [0.29, 0.717) is 30.9 Å². The lowest BCUT2D eigenvalue weighted by atomic mass is 10.1. The van der Waals surface area contributed by atoms with Crippen molar-refractivity contribution in [3.8, 4) is 11.3 Å². The minimum atomic E-state index is -4.38. The van der Waals surface area contributed by atoms with Crippen molar-refractivity contribution in [3.63, 3.8) is 0 Å². The first-order chi connectivity index (χ1) is 10.9. The van der Waals surface area contributed by atoms with Crippen molar-refractivity contribution in [1.82, 2.24) is 5.16 Å². The van der Waals surface area contributed by atoms with Crippen molar-refractivity contribution in [2.24, 2.45) is 5.92 Å². The van der Waals surface area contributed by atoms with Crippen LogP contribution in [0.25, 0.3) is 11.3 Å². The second kappa shape index (κ2) is 6.04. The minimum absolute atomic E-state index is 0.150. The second-order valence-corrected chi connectivity index (χ2v) is 5.20. The van der Waals surface area contributed by atoms with Gasteiger partial charge in [0.1, 0.15) is 5.69 Å². The molecular formula is C15H13F3N2O3. The Morgan fingerprint density at radius 3 is 2.61 bits per heavy atom. The van der Waals surface area contributed by atoms with Gasteiger partial charge in [0.15, 0.2) is 0 Å². The highest BCUT2D eigenvalue weighted by Gasteiger charge is 2.30. The molecule has 5 nitrogen and oxygen atoms in total. The van der Waals surface area contributed by atoms with Crippen LogP contribution in [0.1, 0.15) is 12.0 Å². The lowest BCUT2D eigenvalue weighted by Gasteiger charge is -2.06. The fraction of sp³-hybridized carbons (Fsp3) is 0.333. The zero-order chi connectivity index (χ0) is 16.4. The zero-order valence-corrected chi connectivity index (χ0v) is 11.9. The van der Waals surface area contributed by atoms with E-state index in [4.69, 9.17) is 9.26 Å². The molecule has 0 aliphatic carbocycles. The smallest absolute Gasteiger partial charge is 0.381 e. The van der Waals surface area contributed by atoms with E-state index in [1.165, 1.54) is 18.2 Å². The molecule has 1 N–H and O–H groups in total. The van der Waals surface area contributed by atoms with Gasteiger partial charge in [-0.2, -0.15) is 13.2 Å². The summed E-state index contributed by atoms with van der Waals surface area (Å²) in [5, 5.41) is 6.34. The number of rotatable bonds is 3. The first kappa shape index (κ1) is 15.5. The Kier molecular flexibility index (Phi) is 4.08. The van der Waals surface area contributed by atoms with Gasteiger partial charge < -0.3 is 9.26 Å². The molecule has 1 amide bonds. The van der Waals surface area contributed by atoms with Gasteiger partial charge in [-0.1, -0.05) is 17.3 Å². The summed E-state index contributed by atoms with van der Waals surface area (Å²) >= 11 is 0. The summed E-state index contributed by atoms with van der Waals surface area (Å²) in [5.41, 5.74) is 0.0719. The van der Waals surface area contributed by atoms with Crippen molar-refractivity contribution in [2.75, 3.05) is 18.5 Å². The Morgan fingerprint density at radius 2 is 2.00 bits per heavy atom. The summed E-state index contributed by atoms with van der Waals surface area (Å²) in [6.45, 7) is 0.914. The van der Waals surface area contributed by atoms with Crippen LogP contribution in [-0.4, -0.2) is 24.3 Å². The van der Waals surface area contributed by atoms with E-state index in [1.807, 2.05) is 0 Å². The Balaban J connectivity index is 1.70. The fourth-order valence-corrected chi connectivity index (χ4v) is 2.26. The van der Waals surface area contributed by atoms with E-state index < -0.39 is 11.7 Å². The van der Waals surface area contributed by atoms with Gasteiger partial charge in [-0.3, -0.25) is 10.1 Å². The molecule has 0 spiro atoms. The molecule has 2 heterocycles. The van der Waals surface area contributed by atoms with E-state index in [0.717, 1.165) is 12.1 Å². The molecule has 1 aromatic heterocycles. The van der Waals surface area contributed by atoms with Gasteiger partial charge in [0.25, 0.3) is 0 Å². The maximum Gasteiger partial charge on any atom is 0.416 e. The summed E-state index contributed by atoms with van der Waals surface area (Å²) in [4.78, 5) is 11.9. The van der Waals surface area contributed by atoms with Gasteiger partial charge in [-0.05, 0) is 18.6 Å². The number of nitrogens with one attached hydrogen (secondary N) is 1. The number of amides is 1. The molecule has 0 saturated carbocycles. The first-order valence-electron chi connectivity index (χ1n) is 6.96. The molecule has 122 valence electrons. The number of hydrogen-bond donors (Lipinski definition) is 1. The summed E-state index contributed by atoms with van der Waals surface area (Å²) in [5.74, 6) is -0.302. The second-order valence-electron chi connectivity index (χ2n) is 5.20. The number of halogens is 3. The molecule has 23 heavy (non-hydrogen) atoms. The lowest BCUT2D eigenvalue weighted by Crippen LogP contribution is -2.22. The molecule has 1 aliphatic heterocycles. The van der Waals surface area contributed by atoms with E-state index >= 15 is 0 Å². The van der Waals surface area contributed by atoms with E-state index in [-0.39, 0.29) is 17.7 Å². The van der Waals surface area contributed by atoms with Crippen LogP contribution in [0.5, 0.6) is 0 Å². The van der Waals surface area contributed by atoms with Crippen LogP contribution in [0.2, 0.25) is 0 Å². The largest absolute Gasteiger partial charge is 0.416 e. The number of hydrogen-bond acceptors (Lipinski definition) is 4. The highest BCUT2D eigenvalue weighted by Crippen LogP contribution is 2.31. The number of nitrogens with zero attached hydrogens (tertiary/aromatic N) is 1. The molecule has 0 radical (unpaired) electrons. The number of benzene rings is 1. The standard InChI is InChI=1S/C15H13F3N2O3/c16-15(17,18)11-3-1-9(2-4-11)12-7-13(23-20-12)19-14(21)10-5-6-22-8-10/h1-4,7,10H,5-6,8H2,(H,19,21)/t10-/m1/s1. The molecule has 2 aromatic rings. The van der Waals surface area contributed by atoms with Crippen molar-refractivity contribution < 1.29 is 27.2 Å². The predicted octanol–water partition coefficient (Wildman–Crippen LogP) is 3.34. The number of anilines is 1. The van der Waals surface area contributed by atoms with Crippen LogP contribution >= 0.6 is 0 Å². The van der Waals surface area contributed by atoms with Crippen molar-refractivity contribution in [2.45, 2.75) is 12.6 Å². The van der Waals surface area contributed by atoms with E-state index in [1.54, 1.807) is 0 Å². The average molecular weight is 326 g/mol. The topological polar surface area (TPSA) is 64.4 Å². The number of alkyl halides is 3. The number of ether oxygens (including phenoxy) is 1. The van der Waals surface area contributed by atoms with Gasteiger partial charge in [-0.15, -0.1) is 0 Å². The summed E-state index contributed by atoms with van der Waals surface area (Å²) in [6.07, 6.45) is -3.74. The van der Waals surface area contributed by atoms with Gasteiger partial charge in [0.05, 0.1) is 18.1 Å². The van der Waals surface area contributed by atoms with Crippen molar-refractivity contribution in [3.05, 3.63) is 35.9 Å². The van der Waals surface area contributed by atoms with Crippen molar-refractivity contribution >= 4 is 11.8 Å². The van der Waals surface area contributed by atoms with E-state index in [2.05, 4.69) is 10.5 Å². The van der Waals surface area contributed by atoms with Crippen LogP contribution in [-0.2, 0) is 15.7 Å². The average Bonchev–Trinajstić information content (AvgIpc) is 3.18. The monoisotopic (exact) mass is 326 g/mol. The molecule has 1 aromatic carbocycles. The summed E-state index contributed by atoms with van der Waals surface area (Å²) in [6, 6.07) is 6.01. The number of carbonyl (C=O) groups is 1. The van der Waals surface area contributed by atoms with Crippen LogP contribution in [0.15, 0.2) is 34.9 Å². The molecule has 0 unspecified atom stereocenters. The molecular weight excluding hydrogens is 313 g/mol. The van der Waals surface area contributed by atoms with E-state index in [9.17, 15) is 18.0 Å². The molecule has 8 heteroatoms. The van der Waals surface area contributed by atoms with Crippen LogP contribution < -0.4 is 5.32 Å². The quantitative estimate of drug-likeness (QED) is 0.939. The molecule has 1 aliphatic rings.